The second kappa shape index (κ2) is 5.43. The summed E-state index contributed by atoms with van der Waals surface area (Å²) in [6, 6.07) is 7.97. The number of nitrogens with one attached hydrogen (secondary N) is 1. The Balaban J connectivity index is 1.98. The van der Waals surface area contributed by atoms with Crippen molar-refractivity contribution in [2.45, 2.75) is 20.0 Å². The molecule has 0 radical (unpaired) electrons. The van der Waals surface area contributed by atoms with E-state index in [0.29, 0.717) is 30.0 Å². The quantitative estimate of drug-likeness (QED) is 0.897. The van der Waals surface area contributed by atoms with Crippen molar-refractivity contribution in [2.24, 2.45) is 0 Å². The standard InChI is InChI=1S/C13H12FN3O/c1-9-4-13(18-17-9)8-16-7-11-5-12(14)3-2-10(11)6-15/h2-5,16H,7-8H2,1H3. The number of nitriles is 1. The largest absolute Gasteiger partial charge is 0.360 e. The van der Waals surface area contributed by atoms with E-state index in [2.05, 4.69) is 10.5 Å². The molecule has 0 aliphatic carbocycles. The molecule has 1 N–H and O–H groups in total. The van der Waals surface area contributed by atoms with Crippen LogP contribution in [0.5, 0.6) is 0 Å². The minimum absolute atomic E-state index is 0.346. The van der Waals surface area contributed by atoms with Gasteiger partial charge >= 0.3 is 0 Å². The van der Waals surface area contributed by atoms with Gasteiger partial charge in [0.05, 0.1) is 23.9 Å². The number of hydrogen-bond acceptors (Lipinski definition) is 4. The number of rotatable bonds is 4. The molecule has 2 aromatic rings. The van der Waals surface area contributed by atoms with Gasteiger partial charge in [0.25, 0.3) is 0 Å². The lowest BCUT2D eigenvalue weighted by atomic mass is 10.1. The molecule has 18 heavy (non-hydrogen) atoms. The van der Waals surface area contributed by atoms with E-state index < -0.39 is 0 Å². The van der Waals surface area contributed by atoms with Gasteiger partial charge in [-0.2, -0.15) is 5.26 Å². The highest BCUT2D eigenvalue weighted by Gasteiger charge is 2.05. The van der Waals surface area contributed by atoms with E-state index >= 15 is 0 Å². The lowest BCUT2D eigenvalue weighted by Crippen LogP contribution is -2.13. The Hall–Kier alpha value is -2.19. The number of aromatic nitrogens is 1. The molecule has 0 fully saturated rings. The Morgan fingerprint density at radius 1 is 1.39 bits per heavy atom. The maximum Gasteiger partial charge on any atom is 0.150 e. The molecule has 0 saturated heterocycles. The summed E-state index contributed by atoms with van der Waals surface area (Å²) < 4.78 is 18.1. The van der Waals surface area contributed by atoms with Gasteiger partial charge in [-0.05, 0) is 30.7 Å². The van der Waals surface area contributed by atoms with Gasteiger partial charge in [0.1, 0.15) is 5.82 Å². The van der Waals surface area contributed by atoms with Crippen LogP contribution in [0.25, 0.3) is 0 Å². The van der Waals surface area contributed by atoms with Gasteiger partial charge in [-0.15, -0.1) is 0 Å². The maximum absolute atomic E-state index is 13.1. The van der Waals surface area contributed by atoms with Crippen molar-refractivity contribution in [1.82, 2.24) is 10.5 Å². The van der Waals surface area contributed by atoms with Gasteiger partial charge in [-0.1, -0.05) is 5.16 Å². The van der Waals surface area contributed by atoms with Crippen molar-refractivity contribution in [3.63, 3.8) is 0 Å². The first-order chi connectivity index (χ1) is 8.69. The Morgan fingerprint density at radius 2 is 2.22 bits per heavy atom. The SMILES string of the molecule is Cc1cc(CNCc2cc(F)ccc2C#N)on1. The van der Waals surface area contributed by atoms with Crippen LogP contribution in [0.2, 0.25) is 0 Å². The van der Waals surface area contributed by atoms with Crippen LogP contribution in [0.15, 0.2) is 28.8 Å². The van der Waals surface area contributed by atoms with E-state index in [1.807, 2.05) is 19.1 Å². The summed E-state index contributed by atoms with van der Waals surface area (Å²) in [7, 11) is 0. The number of nitrogens with zero attached hydrogens (tertiary/aromatic N) is 2. The molecule has 0 amide bonds. The van der Waals surface area contributed by atoms with Crippen molar-refractivity contribution < 1.29 is 8.91 Å². The minimum Gasteiger partial charge on any atom is -0.360 e. The lowest BCUT2D eigenvalue weighted by Gasteiger charge is -2.04. The zero-order valence-electron chi connectivity index (χ0n) is 9.90. The summed E-state index contributed by atoms with van der Waals surface area (Å²) in [5.41, 5.74) is 1.92. The maximum atomic E-state index is 13.1. The van der Waals surface area contributed by atoms with E-state index in [1.165, 1.54) is 18.2 Å². The van der Waals surface area contributed by atoms with Crippen molar-refractivity contribution in [3.05, 3.63) is 52.7 Å². The normalized spacial score (nSPS) is 10.3. The number of benzene rings is 1. The molecule has 1 aromatic carbocycles. The summed E-state index contributed by atoms with van der Waals surface area (Å²) in [6.45, 7) is 2.73. The fourth-order valence-corrected chi connectivity index (χ4v) is 1.64. The third-order valence-electron chi connectivity index (χ3n) is 2.48. The monoisotopic (exact) mass is 245 g/mol. The molecule has 5 heteroatoms. The van der Waals surface area contributed by atoms with Gasteiger partial charge < -0.3 is 9.84 Å². The molecule has 0 atom stereocenters. The summed E-state index contributed by atoms with van der Waals surface area (Å²) >= 11 is 0. The molecule has 1 heterocycles. The van der Waals surface area contributed by atoms with E-state index in [4.69, 9.17) is 9.78 Å². The van der Waals surface area contributed by atoms with Crippen LogP contribution in [-0.4, -0.2) is 5.16 Å². The zero-order chi connectivity index (χ0) is 13.0. The Bertz CT molecular complexity index is 586. The first-order valence-corrected chi connectivity index (χ1v) is 5.50. The third kappa shape index (κ3) is 2.93. The van der Waals surface area contributed by atoms with Crippen LogP contribution in [0, 0.1) is 24.1 Å². The fourth-order valence-electron chi connectivity index (χ4n) is 1.64. The first-order valence-electron chi connectivity index (χ1n) is 5.50. The van der Waals surface area contributed by atoms with Crippen LogP contribution < -0.4 is 5.32 Å². The van der Waals surface area contributed by atoms with Gasteiger partial charge in [0.2, 0.25) is 0 Å². The summed E-state index contributed by atoms with van der Waals surface area (Å²) in [4.78, 5) is 0. The van der Waals surface area contributed by atoms with Gasteiger partial charge in [0, 0.05) is 12.6 Å². The summed E-state index contributed by atoms with van der Waals surface area (Å²) in [5.74, 6) is 0.365. The zero-order valence-corrected chi connectivity index (χ0v) is 9.90. The van der Waals surface area contributed by atoms with Gasteiger partial charge in [0.15, 0.2) is 5.76 Å². The average Bonchev–Trinajstić information content (AvgIpc) is 2.75. The summed E-state index contributed by atoms with van der Waals surface area (Å²) in [5, 5.41) is 15.7. The van der Waals surface area contributed by atoms with E-state index in [1.54, 1.807) is 0 Å². The Labute approximate surface area is 104 Å². The average molecular weight is 245 g/mol. The molecule has 1 aromatic heterocycles. The molecule has 0 bridgehead atoms. The molecule has 0 spiro atoms. The number of aryl methyl sites for hydroxylation is 1. The highest BCUT2D eigenvalue weighted by Crippen LogP contribution is 2.10. The Morgan fingerprint density at radius 3 is 2.89 bits per heavy atom. The highest BCUT2D eigenvalue weighted by molar-refractivity contribution is 5.37. The second-order valence-corrected chi connectivity index (χ2v) is 3.95. The fraction of sp³-hybridized carbons (Fsp3) is 0.231. The van der Waals surface area contributed by atoms with Gasteiger partial charge in [-0.25, -0.2) is 4.39 Å². The molecule has 0 unspecified atom stereocenters. The van der Waals surface area contributed by atoms with Gasteiger partial charge in [-0.3, -0.25) is 0 Å². The van der Waals surface area contributed by atoms with Crippen LogP contribution in [0.3, 0.4) is 0 Å². The van der Waals surface area contributed by atoms with E-state index in [9.17, 15) is 4.39 Å². The van der Waals surface area contributed by atoms with E-state index in [0.717, 1.165) is 5.69 Å². The molecule has 0 aliphatic heterocycles. The number of halogens is 1. The predicted octanol–water partition coefficient (Wildman–Crippen LogP) is 2.28. The molecule has 92 valence electrons. The third-order valence-corrected chi connectivity index (χ3v) is 2.48. The first kappa shape index (κ1) is 12.3. The molecular formula is C13H12FN3O. The topological polar surface area (TPSA) is 61.9 Å². The molecular weight excluding hydrogens is 233 g/mol. The van der Waals surface area contributed by atoms with Crippen LogP contribution in [0.4, 0.5) is 4.39 Å². The lowest BCUT2D eigenvalue weighted by molar-refractivity contribution is 0.369. The molecule has 4 nitrogen and oxygen atoms in total. The van der Waals surface area contributed by atoms with Crippen molar-refractivity contribution in [3.8, 4) is 6.07 Å². The molecule has 0 aliphatic rings. The minimum atomic E-state index is -0.346. The predicted molar refractivity (Wildman–Crippen MR) is 62.9 cm³/mol. The van der Waals surface area contributed by atoms with Crippen molar-refractivity contribution in [2.75, 3.05) is 0 Å². The molecule has 2 rings (SSSR count). The Kier molecular flexibility index (Phi) is 3.70. The smallest absolute Gasteiger partial charge is 0.150 e. The van der Waals surface area contributed by atoms with Crippen molar-refractivity contribution in [1.29, 1.82) is 5.26 Å². The van der Waals surface area contributed by atoms with Crippen LogP contribution in [-0.2, 0) is 13.1 Å². The van der Waals surface area contributed by atoms with Crippen LogP contribution in [0.1, 0.15) is 22.6 Å². The highest BCUT2D eigenvalue weighted by atomic mass is 19.1. The summed E-state index contributed by atoms with van der Waals surface area (Å²) in [6.07, 6.45) is 0. The van der Waals surface area contributed by atoms with E-state index in [-0.39, 0.29) is 5.82 Å². The van der Waals surface area contributed by atoms with Crippen molar-refractivity contribution >= 4 is 0 Å². The molecule has 0 saturated carbocycles. The number of hydrogen-bond donors (Lipinski definition) is 1. The second-order valence-electron chi connectivity index (χ2n) is 3.95. The van der Waals surface area contributed by atoms with Crippen LogP contribution >= 0.6 is 0 Å².